The van der Waals surface area contributed by atoms with E-state index in [-0.39, 0.29) is 68.3 Å². The van der Waals surface area contributed by atoms with Gasteiger partial charge in [-0.3, -0.25) is 29.3 Å². The van der Waals surface area contributed by atoms with Crippen LogP contribution < -0.4 is 15.1 Å². The maximum Gasteiger partial charge on any atom is 0.251 e. The molecular formula is C33H32ClF2N7O3. The number of aromatic nitrogens is 3. The van der Waals surface area contributed by atoms with Crippen molar-refractivity contribution >= 4 is 51.7 Å². The zero-order valence-electron chi connectivity index (χ0n) is 23.9. The molecule has 2 atom stereocenters. The number of alkyl halides is 2. The van der Waals surface area contributed by atoms with Gasteiger partial charge >= 0.3 is 0 Å². The molecule has 3 heterocycles. The number of nitriles is 1. The van der Waals surface area contributed by atoms with Gasteiger partial charge in [0.05, 0.1) is 23.3 Å². The molecule has 1 aliphatic heterocycles. The number of hydrogen-bond acceptors (Lipinski definition) is 6. The highest BCUT2D eigenvalue weighted by Gasteiger charge is 2.45. The van der Waals surface area contributed by atoms with Gasteiger partial charge in [-0.05, 0) is 55.7 Å². The Bertz CT molecular complexity index is 1810. The van der Waals surface area contributed by atoms with Gasteiger partial charge in [-0.15, -0.1) is 0 Å². The molecule has 0 bridgehead atoms. The van der Waals surface area contributed by atoms with Gasteiger partial charge in [-0.25, -0.2) is 13.8 Å². The lowest BCUT2D eigenvalue weighted by Gasteiger charge is -2.37. The standard InChI is InChI=1S/C32H28ClF2N7O3.CH4/c33-24-4-2-1-3-23(24)29(30(44)39-21-9-12-32(34,35)13-10-21)41(22-5-6-25-20(16-22)18-38-40-25)31(45)26-7-8-28(43)42(26)27-15-19(17-36)11-14-37-27;/h1-6,11,14-16,18,21,26,29H,7-10,12-13H2,(H,38,40)(H,39,44);1H4/t26-,29-;/m0./s1. The number of carbonyl (C=O) groups excluding carboxylic acids is 3. The second kappa shape index (κ2) is 13.2. The first-order chi connectivity index (χ1) is 21.6. The van der Waals surface area contributed by atoms with Crippen molar-refractivity contribution < 1.29 is 23.2 Å². The molecule has 6 rings (SSSR count). The van der Waals surface area contributed by atoms with E-state index in [1.807, 2.05) is 6.07 Å². The average molecular weight is 648 g/mol. The van der Waals surface area contributed by atoms with Crippen LogP contribution in [0.25, 0.3) is 10.9 Å². The van der Waals surface area contributed by atoms with Crippen molar-refractivity contribution in [3.05, 3.63) is 83.1 Å². The molecule has 1 saturated carbocycles. The number of aromatic amines is 1. The van der Waals surface area contributed by atoms with Crippen molar-refractivity contribution in [3.8, 4) is 6.07 Å². The van der Waals surface area contributed by atoms with Crippen LogP contribution >= 0.6 is 11.6 Å². The first-order valence-corrected chi connectivity index (χ1v) is 14.9. The molecule has 238 valence electrons. The molecule has 4 aromatic rings. The van der Waals surface area contributed by atoms with Gasteiger partial charge < -0.3 is 5.32 Å². The second-order valence-electron chi connectivity index (χ2n) is 11.2. The predicted molar refractivity (Wildman–Crippen MR) is 169 cm³/mol. The fourth-order valence-electron chi connectivity index (χ4n) is 6.03. The number of nitrogens with one attached hydrogen (secondary N) is 2. The van der Waals surface area contributed by atoms with Crippen LogP contribution in [0.3, 0.4) is 0 Å². The summed E-state index contributed by atoms with van der Waals surface area (Å²) in [4.78, 5) is 49.1. The number of pyridine rings is 1. The highest BCUT2D eigenvalue weighted by atomic mass is 35.5. The van der Waals surface area contributed by atoms with E-state index in [4.69, 9.17) is 11.6 Å². The molecule has 3 amide bonds. The molecule has 2 fully saturated rings. The first kappa shape index (κ1) is 32.5. The molecule has 0 unspecified atom stereocenters. The molecule has 1 saturated heterocycles. The average Bonchev–Trinajstić information content (AvgIpc) is 3.67. The van der Waals surface area contributed by atoms with E-state index in [1.165, 1.54) is 28.1 Å². The molecule has 1 aliphatic carbocycles. The van der Waals surface area contributed by atoms with Gasteiger partial charge in [0.2, 0.25) is 17.7 Å². The zero-order valence-corrected chi connectivity index (χ0v) is 24.7. The number of amides is 3. The Morgan fingerprint density at radius 1 is 1.13 bits per heavy atom. The molecule has 2 aromatic carbocycles. The zero-order chi connectivity index (χ0) is 31.7. The van der Waals surface area contributed by atoms with Crippen molar-refractivity contribution in [3.63, 3.8) is 0 Å². The minimum absolute atomic E-state index is 0. The van der Waals surface area contributed by atoms with Crippen molar-refractivity contribution in [2.75, 3.05) is 9.80 Å². The Morgan fingerprint density at radius 2 is 1.89 bits per heavy atom. The molecule has 46 heavy (non-hydrogen) atoms. The molecular weight excluding hydrogens is 616 g/mol. The van der Waals surface area contributed by atoms with E-state index in [2.05, 4.69) is 20.5 Å². The number of benzene rings is 2. The predicted octanol–water partition coefficient (Wildman–Crippen LogP) is 6.08. The summed E-state index contributed by atoms with van der Waals surface area (Å²) in [6, 6.07) is 13.7. The van der Waals surface area contributed by atoms with Crippen LogP contribution in [-0.4, -0.2) is 50.9 Å². The Labute approximate surface area is 269 Å². The van der Waals surface area contributed by atoms with E-state index in [1.54, 1.807) is 48.7 Å². The summed E-state index contributed by atoms with van der Waals surface area (Å²) in [6.45, 7) is 0. The number of fused-ring (bicyclic) bond motifs is 1. The number of rotatable bonds is 7. The summed E-state index contributed by atoms with van der Waals surface area (Å²) in [6.07, 6.45) is 2.59. The summed E-state index contributed by atoms with van der Waals surface area (Å²) < 4.78 is 27.9. The monoisotopic (exact) mass is 647 g/mol. The largest absolute Gasteiger partial charge is 0.351 e. The summed E-state index contributed by atoms with van der Waals surface area (Å²) >= 11 is 6.66. The smallest absolute Gasteiger partial charge is 0.251 e. The molecule has 2 N–H and O–H groups in total. The van der Waals surface area contributed by atoms with Gasteiger partial charge in [0.15, 0.2) is 0 Å². The minimum Gasteiger partial charge on any atom is -0.351 e. The Hall–Kier alpha value is -4.89. The molecule has 2 aliphatic rings. The summed E-state index contributed by atoms with van der Waals surface area (Å²) in [5.74, 6) is -4.19. The number of hydrogen-bond donors (Lipinski definition) is 2. The molecule has 13 heteroatoms. The summed E-state index contributed by atoms with van der Waals surface area (Å²) in [5, 5.41) is 20.2. The third kappa shape index (κ3) is 6.41. The van der Waals surface area contributed by atoms with Gasteiger partial charge in [-0.2, -0.15) is 10.4 Å². The molecule has 0 spiro atoms. The Morgan fingerprint density at radius 3 is 2.63 bits per heavy atom. The van der Waals surface area contributed by atoms with Crippen molar-refractivity contribution in [1.82, 2.24) is 20.5 Å². The highest BCUT2D eigenvalue weighted by molar-refractivity contribution is 6.31. The fourth-order valence-corrected chi connectivity index (χ4v) is 6.27. The van der Waals surface area contributed by atoms with Gasteiger partial charge in [-0.1, -0.05) is 37.2 Å². The normalized spacial score (nSPS) is 18.4. The summed E-state index contributed by atoms with van der Waals surface area (Å²) in [7, 11) is 0. The number of anilines is 2. The quantitative estimate of drug-likeness (QED) is 0.250. The van der Waals surface area contributed by atoms with Crippen LogP contribution in [0.1, 0.15) is 63.1 Å². The van der Waals surface area contributed by atoms with E-state index < -0.39 is 35.9 Å². The van der Waals surface area contributed by atoms with Gasteiger partial charge in [0.25, 0.3) is 5.91 Å². The maximum atomic E-state index is 14.8. The number of H-pyrrole nitrogens is 1. The fraction of sp³-hybridized carbons (Fsp3) is 0.333. The van der Waals surface area contributed by atoms with Crippen LogP contribution in [0.4, 0.5) is 20.3 Å². The molecule has 10 nitrogen and oxygen atoms in total. The maximum absolute atomic E-state index is 14.8. The topological polar surface area (TPSA) is 135 Å². The highest BCUT2D eigenvalue weighted by Crippen LogP contribution is 2.38. The number of carbonyl (C=O) groups is 3. The van der Waals surface area contributed by atoms with E-state index in [9.17, 15) is 28.4 Å². The number of halogens is 3. The lowest BCUT2D eigenvalue weighted by atomic mass is 9.91. The third-order valence-electron chi connectivity index (χ3n) is 8.33. The van der Waals surface area contributed by atoms with Crippen LogP contribution in [0, 0.1) is 11.3 Å². The lowest BCUT2D eigenvalue weighted by Crippen LogP contribution is -2.53. The SMILES string of the molecule is C.N#Cc1ccnc(N2C(=O)CC[C@H]2C(=O)N(c2ccc3[nH]ncc3c2)[C@H](C(=O)NC2CCC(F)(F)CC2)c2ccccc2Cl)c1. The number of nitrogens with zero attached hydrogens (tertiary/aromatic N) is 5. The van der Waals surface area contributed by atoms with Crippen LogP contribution in [0.2, 0.25) is 5.02 Å². The van der Waals surface area contributed by atoms with Crippen molar-refractivity contribution in [2.45, 2.75) is 70.0 Å². The van der Waals surface area contributed by atoms with Crippen molar-refractivity contribution in [2.24, 2.45) is 0 Å². The molecule has 0 radical (unpaired) electrons. The third-order valence-corrected chi connectivity index (χ3v) is 8.67. The minimum atomic E-state index is -2.79. The van der Waals surface area contributed by atoms with Crippen LogP contribution in [0.15, 0.2) is 67.0 Å². The van der Waals surface area contributed by atoms with Crippen LogP contribution in [-0.2, 0) is 14.4 Å². The van der Waals surface area contributed by atoms with E-state index in [0.717, 1.165) is 0 Å². The lowest BCUT2D eigenvalue weighted by molar-refractivity contribution is -0.128. The second-order valence-corrected chi connectivity index (χ2v) is 11.7. The van der Waals surface area contributed by atoms with Crippen LogP contribution in [0.5, 0.6) is 0 Å². The van der Waals surface area contributed by atoms with E-state index in [0.29, 0.717) is 22.2 Å². The summed E-state index contributed by atoms with van der Waals surface area (Å²) in [5.41, 5.74) is 1.61. The molecule has 2 aromatic heterocycles. The van der Waals surface area contributed by atoms with Gasteiger partial charge in [0.1, 0.15) is 17.9 Å². The Balaban J connectivity index is 0.00000417. The Kier molecular flexibility index (Phi) is 9.34. The first-order valence-electron chi connectivity index (χ1n) is 14.5. The van der Waals surface area contributed by atoms with Gasteiger partial charge in [0, 0.05) is 53.2 Å². The van der Waals surface area contributed by atoms with E-state index >= 15 is 0 Å². The van der Waals surface area contributed by atoms with Crippen molar-refractivity contribution in [1.29, 1.82) is 5.26 Å².